The first-order chi connectivity index (χ1) is 9.40. The van der Waals surface area contributed by atoms with E-state index in [1.54, 1.807) is 0 Å². The maximum absolute atomic E-state index is 12.2. The van der Waals surface area contributed by atoms with E-state index in [0.29, 0.717) is 12.1 Å². The van der Waals surface area contributed by atoms with E-state index in [1.165, 1.54) is 10.7 Å². The highest BCUT2D eigenvalue weighted by molar-refractivity contribution is 7.91. The summed E-state index contributed by atoms with van der Waals surface area (Å²) >= 11 is 0. The van der Waals surface area contributed by atoms with Crippen LogP contribution < -0.4 is 5.56 Å². The number of sulfone groups is 1. The SMILES string of the molecule is CC1(n2[nH]c(-c3ccccc3)cc2=O)CCS(=O)(=O)C1. The molecule has 1 aliphatic rings. The molecule has 1 N–H and O–H groups in total. The Morgan fingerprint density at radius 2 is 1.95 bits per heavy atom. The van der Waals surface area contributed by atoms with Gasteiger partial charge in [0.25, 0.3) is 5.56 Å². The van der Waals surface area contributed by atoms with Crippen molar-refractivity contribution >= 4 is 9.84 Å². The first-order valence-electron chi connectivity index (χ1n) is 6.48. The van der Waals surface area contributed by atoms with Gasteiger partial charge in [-0.25, -0.2) is 13.1 Å². The number of nitrogens with zero attached hydrogens (tertiary/aromatic N) is 1. The summed E-state index contributed by atoms with van der Waals surface area (Å²) < 4.78 is 24.8. The quantitative estimate of drug-likeness (QED) is 0.909. The minimum absolute atomic E-state index is 0.00858. The molecule has 0 bridgehead atoms. The Kier molecular flexibility index (Phi) is 2.86. The molecule has 1 atom stereocenters. The molecule has 0 spiro atoms. The lowest BCUT2D eigenvalue weighted by Gasteiger charge is -2.22. The van der Waals surface area contributed by atoms with Crippen molar-refractivity contribution < 1.29 is 8.42 Å². The fourth-order valence-corrected chi connectivity index (χ4v) is 4.85. The van der Waals surface area contributed by atoms with Crippen LogP contribution in [0, 0.1) is 0 Å². The molecule has 1 aromatic carbocycles. The fraction of sp³-hybridized carbons (Fsp3) is 0.357. The Hall–Kier alpha value is -1.82. The van der Waals surface area contributed by atoms with Gasteiger partial charge in [0.2, 0.25) is 0 Å². The predicted molar refractivity (Wildman–Crippen MR) is 77.4 cm³/mol. The van der Waals surface area contributed by atoms with Crippen molar-refractivity contribution in [2.24, 2.45) is 0 Å². The third-order valence-corrected chi connectivity index (χ3v) is 5.72. The first kappa shape index (κ1) is 13.2. The molecule has 20 heavy (non-hydrogen) atoms. The Balaban J connectivity index is 2.05. The molecule has 6 heteroatoms. The number of hydrogen-bond donors (Lipinski definition) is 1. The van der Waals surface area contributed by atoms with E-state index in [0.717, 1.165) is 5.56 Å². The van der Waals surface area contributed by atoms with E-state index in [-0.39, 0.29) is 17.1 Å². The van der Waals surface area contributed by atoms with Gasteiger partial charge in [-0.15, -0.1) is 0 Å². The monoisotopic (exact) mass is 292 g/mol. The zero-order valence-corrected chi connectivity index (χ0v) is 12.0. The number of aromatic amines is 1. The number of H-pyrrole nitrogens is 1. The van der Waals surface area contributed by atoms with Gasteiger partial charge in [0.15, 0.2) is 9.84 Å². The van der Waals surface area contributed by atoms with E-state index in [4.69, 9.17) is 0 Å². The molecule has 2 aromatic rings. The van der Waals surface area contributed by atoms with Crippen LogP contribution >= 0.6 is 0 Å². The third-order valence-electron chi connectivity index (χ3n) is 3.83. The van der Waals surface area contributed by atoms with Gasteiger partial charge in [0.05, 0.1) is 22.7 Å². The number of rotatable bonds is 2. The Labute approximate surface area is 117 Å². The van der Waals surface area contributed by atoms with Crippen molar-refractivity contribution in [3.05, 3.63) is 46.8 Å². The second kappa shape index (κ2) is 4.34. The van der Waals surface area contributed by atoms with Gasteiger partial charge in [-0.05, 0) is 18.9 Å². The molecule has 0 radical (unpaired) electrons. The zero-order valence-electron chi connectivity index (χ0n) is 11.2. The average molecular weight is 292 g/mol. The Bertz CT molecular complexity index is 789. The van der Waals surface area contributed by atoms with Gasteiger partial charge >= 0.3 is 0 Å². The second-order valence-corrected chi connectivity index (χ2v) is 7.73. The van der Waals surface area contributed by atoms with Gasteiger partial charge in [0, 0.05) is 6.07 Å². The molecule has 3 rings (SSSR count). The lowest BCUT2D eigenvalue weighted by molar-refractivity contribution is 0.320. The Morgan fingerprint density at radius 1 is 1.25 bits per heavy atom. The number of aromatic nitrogens is 2. The van der Waals surface area contributed by atoms with Gasteiger partial charge in [-0.1, -0.05) is 30.3 Å². The summed E-state index contributed by atoms with van der Waals surface area (Å²) in [7, 11) is -3.05. The van der Waals surface area contributed by atoms with Crippen molar-refractivity contribution in [2.45, 2.75) is 18.9 Å². The van der Waals surface area contributed by atoms with Crippen molar-refractivity contribution in [1.29, 1.82) is 0 Å². The molecule has 106 valence electrons. The molecular formula is C14H16N2O3S. The van der Waals surface area contributed by atoms with E-state index in [1.807, 2.05) is 37.3 Å². The van der Waals surface area contributed by atoms with E-state index < -0.39 is 15.4 Å². The van der Waals surface area contributed by atoms with Gasteiger partial charge in [-0.3, -0.25) is 9.89 Å². The van der Waals surface area contributed by atoms with Crippen molar-refractivity contribution in [3.8, 4) is 11.3 Å². The highest BCUT2D eigenvalue weighted by Gasteiger charge is 2.41. The van der Waals surface area contributed by atoms with Gasteiger partial charge < -0.3 is 0 Å². The molecule has 1 aromatic heterocycles. The van der Waals surface area contributed by atoms with Crippen LogP contribution in [0.25, 0.3) is 11.3 Å². The molecular weight excluding hydrogens is 276 g/mol. The molecule has 0 amide bonds. The van der Waals surface area contributed by atoms with E-state index >= 15 is 0 Å². The molecule has 1 unspecified atom stereocenters. The zero-order chi connectivity index (χ0) is 14.4. The van der Waals surface area contributed by atoms with Crippen LogP contribution in [-0.4, -0.2) is 29.7 Å². The maximum atomic E-state index is 12.2. The highest BCUT2D eigenvalue weighted by atomic mass is 32.2. The fourth-order valence-electron chi connectivity index (χ4n) is 2.73. The van der Waals surface area contributed by atoms with Crippen LogP contribution in [-0.2, 0) is 15.4 Å². The largest absolute Gasteiger partial charge is 0.294 e. The summed E-state index contributed by atoms with van der Waals surface area (Å²) in [6.07, 6.45) is 0.462. The summed E-state index contributed by atoms with van der Waals surface area (Å²) in [4.78, 5) is 12.2. The van der Waals surface area contributed by atoms with Crippen LogP contribution in [0.2, 0.25) is 0 Å². The molecule has 1 aliphatic heterocycles. The molecule has 1 saturated heterocycles. The molecule has 0 saturated carbocycles. The van der Waals surface area contributed by atoms with Crippen molar-refractivity contribution in [3.63, 3.8) is 0 Å². The minimum Gasteiger partial charge on any atom is -0.294 e. The highest BCUT2D eigenvalue weighted by Crippen LogP contribution is 2.29. The summed E-state index contributed by atoms with van der Waals surface area (Å²) in [6.45, 7) is 1.81. The van der Waals surface area contributed by atoms with Gasteiger partial charge in [0.1, 0.15) is 0 Å². The first-order valence-corrected chi connectivity index (χ1v) is 8.30. The maximum Gasteiger partial charge on any atom is 0.267 e. The van der Waals surface area contributed by atoms with Crippen LogP contribution in [0.5, 0.6) is 0 Å². The normalized spacial score (nSPS) is 24.9. The molecule has 1 fully saturated rings. The van der Waals surface area contributed by atoms with Crippen molar-refractivity contribution in [2.75, 3.05) is 11.5 Å². The number of nitrogens with one attached hydrogen (secondary N) is 1. The van der Waals surface area contributed by atoms with Crippen LogP contribution in [0.1, 0.15) is 13.3 Å². The predicted octanol–water partition coefficient (Wildman–Crippen LogP) is 1.38. The molecule has 5 nitrogen and oxygen atoms in total. The van der Waals surface area contributed by atoms with Crippen LogP contribution in [0.15, 0.2) is 41.2 Å². The summed E-state index contributed by atoms with van der Waals surface area (Å²) in [5.41, 5.74) is 0.750. The topological polar surface area (TPSA) is 71.9 Å². The smallest absolute Gasteiger partial charge is 0.267 e. The summed E-state index contributed by atoms with van der Waals surface area (Å²) in [5, 5.41) is 3.06. The standard InChI is InChI=1S/C14H16N2O3S/c1-14(7-8-20(18,19)10-14)16-13(17)9-12(15-16)11-5-3-2-4-6-11/h2-6,9,15H,7-8,10H2,1H3. The number of benzene rings is 1. The average Bonchev–Trinajstić information content (AvgIpc) is 2.92. The minimum atomic E-state index is -3.05. The number of hydrogen-bond acceptors (Lipinski definition) is 3. The second-order valence-electron chi connectivity index (χ2n) is 5.55. The lowest BCUT2D eigenvalue weighted by Crippen LogP contribution is -2.38. The summed E-state index contributed by atoms with van der Waals surface area (Å²) in [6, 6.07) is 11.0. The van der Waals surface area contributed by atoms with E-state index in [9.17, 15) is 13.2 Å². The van der Waals surface area contributed by atoms with Crippen molar-refractivity contribution in [1.82, 2.24) is 9.78 Å². The lowest BCUT2D eigenvalue weighted by atomic mass is 10.0. The van der Waals surface area contributed by atoms with Gasteiger partial charge in [-0.2, -0.15) is 0 Å². The third kappa shape index (κ3) is 2.20. The van der Waals surface area contributed by atoms with Crippen LogP contribution in [0.4, 0.5) is 0 Å². The molecule has 0 aliphatic carbocycles. The molecule has 2 heterocycles. The summed E-state index contributed by atoms with van der Waals surface area (Å²) in [5.74, 6) is 0.143. The van der Waals surface area contributed by atoms with E-state index in [2.05, 4.69) is 5.10 Å². The van der Waals surface area contributed by atoms with Crippen LogP contribution in [0.3, 0.4) is 0 Å². The Morgan fingerprint density at radius 3 is 2.55 bits per heavy atom.